The molecule has 0 unspecified atom stereocenters. The van der Waals surface area contributed by atoms with Gasteiger partial charge in [0, 0.05) is 11.1 Å². The molecule has 2 aromatic carbocycles. The van der Waals surface area contributed by atoms with Gasteiger partial charge in [-0.05, 0) is 29.7 Å². The van der Waals surface area contributed by atoms with Crippen molar-refractivity contribution in [3.8, 4) is 5.75 Å². The first-order valence-electron chi connectivity index (χ1n) is 5.55. The number of benzene rings is 2. The molecule has 0 amide bonds. The van der Waals surface area contributed by atoms with E-state index in [1.807, 2.05) is 0 Å². The first-order valence-corrected chi connectivity index (χ1v) is 5.55. The van der Waals surface area contributed by atoms with E-state index in [-0.39, 0.29) is 5.75 Å². The van der Waals surface area contributed by atoms with Crippen molar-refractivity contribution in [1.82, 2.24) is 0 Å². The molecule has 0 saturated carbocycles. The third kappa shape index (κ3) is 2.74. The van der Waals surface area contributed by atoms with Crippen LogP contribution in [0.1, 0.15) is 0 Å². The average Bonchev–Trinajstić information content (AvgIpc) is 2.37. The Balaban J connectivity index is 2.27. The van der Waals surface area contributed by atoms with Gasteiger partial charge in [-0.1, -0.05) is 18.7 Å². The van der Waals surface area contributed by atoms with Gasteiger partial charge in [-0.15, -0.1) is 0 Å². The molecule has 0 fully saturated rings. The van der Waals surface area contributed by atoms with E-state index < -0.39 is 17.7 Å². The second-order valence-corrected chi connectivity index (χ2v) is 4.10. The van der Waals surface area contributed by atoms with Gasteiger partial charge >= 0.3 is 12.1 Å². The van der Waals surface area contributed by atoms with E-state index in [9.17, 15) is 18.0 Å². The molecule has 0 heterocycles. The minimum atomic E-state index is -4.81. The van der Waals surface area contributed by atoms with Crippen LogP contribution in [0.25, 0.3) is 10.8 Å². The lowest BCUT2D eigenvalue weighted by molar-refractivity contribution is -0.142. The number of carbonyl (C=O) groups excluding carboxylic acids is 1. The summed E-state index contributed by atoms with van der Waals surface area (Å²) >= 11 is 0. The first kappa shape index (κ1) is 13.9. The van der Waals surface area contributed by atoms with Crippen LogP contribution in [-0.4, -0.2) is 12.1 Å². The van der Waals surface area contributed by atoms with Crippen molar-refractivity contribution in [2.24, 2.45) is 0 Å². The van der Waals surface area contributed by atoms with E-state index in [1.165, 1.54) is 12.1 Å². The van der Waals surface area contributed by atoms with Crippen molar-refractivity contribution < 1.29 is 22.7 Å². The largest absolute Gasteiger partial charge is 0.423 e. The van der Waals surface area contributed by atoms with Gasteiger partial charge in [-0.3, -0.25) is 0 Å². The predicted octanol–water partition coefficient (Wildman–Crippen LogP) is 3.45. The van der Waals surface area contributed by atoms with E-state index in [4.69, 9.17) is 5.73 Å². The van der Waals surface area contributed by atoms with Crippen LogP contribution in [0, 0.1) is 0 Å². The zero-order valence-corrected chi connectivity index (χ0v) is 10.2. The van der Waals surface area contributed by atoms with Crippen LogP contribution in [-0.2, 0) is 4.79 Å². The third-order valence-corrected chi connectivity index (χ3v) is 2.68. The highest BCUT2D eigenvalue weighted by molar-refractivity contribution is 5.95. The van der Waals surface area contributed by atoms with Crippen LogP contribution in [0.15, 0.2) is 48.6 Å². The highest BCUT2D eigenvalue weighted by atomic mass is 19.4. The number of hydrogen-bond donors (Lipinski definition) is 1. The van der Waals surface area contributed by atoms with Gasteiger partial charge in [0.05, 0.1) is 0 Å². The highest BCUT2D eigenvalue weighted by Gasteiger charge is 2.38. The number of esters is 1. The maximum atomic E-state index is 12.3. The molecule has 2 rings (SSSR count). The number of alkyl halides is 3. The Labute approximate surface area is 112 Å². The van der Waals surface area contributed by atoms with Crippen LogP contribution in [0.2, 0.25) is 0 Å². The Morgan fingerprint density at radius 2 is 1.90 bits per heavy atom. The van der Waals surface area contributed by atoms with Crippen LogP contribution >= 0.6 is 0 Å². The van der Waals surface area contributed by atoms with Crippen LogP contribution in [0.4, 0.5) is 18.9 Å². The molecule has 0 atom stereocenters. The summed E-state index contributed by atoms with van der Waals surface area (Å²) in [6, 6.07) is 9.48. The summed E-state index contributed by atoms with van der Waals surface area (Å²) in [5, 5.41) is 1.38. The molecule has 0 aliphatic rings. The van der Waals surface area contributed by atoms with Gasteiger partial charge in [0.2, 0.25) is 0 Å². The molecule has 3 nitrogen and oxygen atoms in total. The van der Waals surface area contributed by atoms with Crippen LogP contribution in [0.3, 0.4) is 0 Å². The van der Waals surface area contributed by atoms with E-state index in [0.29, 0.717) is 11.1 Å². The summed E-state index contributed by atoms with van der Waals surface area (Å²) in [5.74, 6) is -1.53. The SMILES string of the molecule is C=C(C(=O)Oc1ccc2c(N)cccc2c1)C(F)(F)F. The molecule has 6 heteroatoms. The number of nitrogens with two attached hydrogens (primary N) is 1. The second kappa shape index (κ2) is 4.88. The van der Waals surface area contributed by atoms with Crippen molar-refractivity contribution in [2.75, 3.05) is 5.73 Å². The maximum absolute atomic E-state index is 12.3. The van der Waals surface area contributed by atoms with Gasteiger partial charge in [-0.25, -0.2) is 4.79 Å². The molecule has 20 heavy (non-hydrogen) atoms. The Morgan fingerprint density at radius 3 is 2.55 bits per heavy atom. The summed E-state index contributed by atoms with van der Waals surface area (Å²) in [6.07, 6.45) is -4.81. The molecular formula is C14H10F3NO2. The maximum Gasteiger partial charge on any atom is 0.422 e. The summed E-state index contributed by atoms with van der Waals surface area (Å²) in [6.45, 7) is 2.68. The van der Waals surface area contributed by atoms with E-state index in [1.54, 1.807) is 24.3 Å². The topological polar surface area (TPSA) is 52.3 Å². The lowest BCUT2D eigenvalue weighted by Crippen LogP contribution is -2.23. The van der Waals surface area contributed by atoms with Gasteiger partial charge in [0.1, 0.15) is 11.3 Å². The highest BCUT2D eigenvalue weighted by Crippen LogP contribution is 2.28. The quantitative estimate of drug-likeness (QED) is 0.397. The van der Waals surface area contributed by atoms with Crippen molar-refractivity contribution in [3.63, 3.8) is 0 Å². The van der Waals surface area contributed by atoms with E-state index in [2.05, 4.69) is 11.3 Å². The summed E-state index contributed by atoms with van der Waals surface area (Å²) in [7, 11) is 0. The molecule has 2 N–H and O–H groups in total. The minimum Gasteiger partial charge on any atom is -0.423 e. The summed E-state index contributed by atoms with van der Waals surface area (Å²) in [5.41, 5.74) is 4.72. The number of fused-ring (bicyclic) bond motifs is 1. The minimum absolute atomic E-state index is 0.00139. The molecule has 0 radical (unpaired) electrons. The smallest absolute Gasteiger partial charge is 0.422 e. The molecule has 104 valence electrons. The van der Waals surface area contributed by atoms with Crippen molar-refractivity contribution in [1.29, 1.82) is 0 Å². The Bertz CT molecular complexity index is 692. The van der Waals surface area contributed by atoms with Crippen LogP contribution < -0.4 is 10.5 Å². The number of hydrogen-bond acceptors (Lipinski definition) is 3. The number of ether oxygens (including phenoxy) is 1. The van der Waals surface area contributed by atoms with Crippen molar-refractivity contribution >= 4 is 22.4 Å². The zero-order chi connectivity index (χ0) is 14.9. The fourth-order valence-electron chi connectivity index (χ4n) is 1.63. The van der Waals surface area contributed by atoms with Gasteiger partial charge < -0.3 is 10.5 Å². The molecular weight excluding hydrogens is 271 g/mol. The summed E-state index contributed by atoms with van der Waals surface area (Å²) < 4.78 is 41.5. The molecule has 2 aromatic rings. The van der Waals surface area contributed by atoms with Crippen molar-refractivity contribution in [2.45, 2.75) is 6.18 Å². The Morgan fingerprint density at radius 1 is 1.20 bits per heavy atom. The molecule has 0 saturated heterocycles. The predicted molar refractivity (Wildman–Crippen MR) is 69.2 cm³/mol. The Hall–Kier alpha value is -2.50. The first-order chi connectivity index (χ1) is 9.29. The lowest BCUT2D eigenvalue weighted by Gasteiger charge is -2.10. The van der Waals surface area contributed by atoms with E-state index >= 15 is 0 Å². The average molecular weight is 281 g/mol. The van der Waals surface area contributed by atoms with E-state index in [0.717, 1.165) is 5.39 Å². The Kier molecular flexibility index (Phi) is 3.40. The molecule has 0 bridgehead atoms. The third-order valence-electron chi connectivity index (χ3n) is 2.68. The normalized spacial score (nSPS) is 11.3. The monoisotopic (exact) mass is 281 g/mol. The van der Waals surface area contributed by atoms with Gasteiger partial charge in [0.25, 0.3) is 0 Å². The molecule has 0 aromatic heterocycles. The van der Waals surface area contributed by atoms with Crippen molar-refractivity contribution in [3.05, 3.63) is 48.6 Å². The van der Waals surface area contributed by atoms with Crippen LogP contribution in [0.5, 0.6) is 5.75 Å². The molecule has 0 spiro atoms. The number of rotatable bonds is 2. The lowest BCUT2D eigenvalue weighted by atomic mass is 10.1. The number of nitrogen functional groups attached to an aromatic ring is 1. The summed E-state index contributed by atoms with van der Waals surface area (Å²) in [4.78, 5) is 11.3. The van der Waals surface area contributed by atoms with Gasteiger partial charge in [0.15, 0.2) is 0 Å². The standard InChI is InChI=1S/C14H10F3NO2/c1-8(14(15,16)17)13(19)20-10-5-6-11-9(7-10)3-2-4-12(11)18/h2-7H,1,18H2. The number of carbonyl (C=O) groups is 1. The number of anilines is 1. The fourth-order valence-corrected chi connectivity index (χ4v) is 1.63. The second-order valence-electron chi connectivity index (χ2n) is 4.10. The van der Waals surface area contributed by atoms with Gasteiger partial charge in [-0.2, -0.15) is 13.2 Å². The molecule has 0 aliphatic carbocycles. The molecule has 0 aliphatic heterocycles. The fraction of sp³-hybridized carbons (Fsp3) is 0.0714. The number of halogens is 3. The zero-order valence-electron chi connectivity index (χ0n) is 10.2.